The molecule has 3 heteroatoms. The molecular weight excluding hydrogens is 691 g/mol. The summed E-state index contributed by atoms with van der Waals surface area (Å²) in [5.41, 5.74) is 11.8. The number of aromatic nitrogens is 3. The number of fused-ring (bicyclic) bond motifs is 7. The van der Waals surface area contributed by atoms with Crippen LogP contribution in [-0.4, -0.2) is 14.5 Å². The Hall–Kier alpha value is -6.58. The summed E-state index contributed by atoms with van der Waals surface area (Å²) in [6.07, 6.45) is 2.37. The first-order valence-electron chi connectivity index (χ1n) is 20.2. The van der Waals surface area contributed by atoms with E-state index in [0.717, 1.165) is 50.4 Å². The zero-order chi connectivity index (χ0) is 38.5. The first-order chi connectivity index (χ1) is 27.7. The van der Waals surface area contributed by atoms with Gasteiger partial charge in [0.05, 0.1) is 22.4 Å². The van der Waals surface area contributed by atoms with Gasteiger partial charge in [0.2, 0.25) is 0 Å². The monoisotopic (exact) mass is 733 g/mol. The highest BCUT2D eigenvalue weighted by molar-refractivity contribution is 6.14. The molecule has 0 unspecified atom stereocenters. The van der Waals surface area contributed by atoms with Crippen LogP contribution in [0.25, 0.3) is 93.7 Å². The summed E-state index contributed by atoms with van der Waals surface area (Å²) < 4.78 is 2.51. The molecule has 0 radical (unpaired) electrons. The molecule has 0 fully saturated rings. The summed E-state index contributed by atoms with van der Waals surface area (Å²) in [4.78, 5) is 10.6. The maximum atomic E-state index is 5.33. The van der Waals surface area contributed by atoms with Gasteiger partial charge in [-0.2, -0.15) is 0 Å². The lowest BCUT2D eigenvalue weighted by Gasteiger charge is -2.42. The van der Waals surface area contributed by atoms with E-state index in [0.29, 0.717) is 0 Å². The van der Waals surface area contributed by atoms with Crippen molar-refractivity contribution < 1.29 is 0 Å². The highest BCUT2D eigenvalue weighted by Gasteiger charge is 2.38. The van der Waals surface area contributed by atoms with Gasteiger partial charge in [-0.15, -0.1) is 0 Å². The van der Waals surface area contributed by atoms with Gasteiger partial charge in [-0.25, -0.2) is 9.97 Å². The predicted molar refractivity (Wildman–Crippen MR) is 240 cm³/mol. The van der Waals surface area contributed by atoms with Crippen LogP contribution in [0.15, 0.2) is 164 Å². The Balaban J connectivity index is 1.14. The second-order valence-electron chi connectivity index (χ2n) is 17.3. The first kappa shape index (κ1) is 33.7. The fraction of sp³-hybridized carbons (Fsp3) is 0.148. The van der Waals surface area contributed by atoms with Crippen molar-refractivity contribution in [2.75, 3.05) is 0 Å². The number of hydrogen-bond donors (Lipinski definition) is 0. The Morgan fingerprint density at radius 2 is 1.00 bits per heavy atom. The molecule has 0 saturated carbocycles. The highest BCUT2D eigenvalue weighted by atomic mass is 15.0. The van der Waals surface area contributed by atoms with Gasteiger partial charge in [-0.1, -0.05) is 149 Å². The van der Waals surface area contributed by atoms with Gasteiger partial charge in [0.15, 0.2) is 5.82 Å². The average molecular weight is 734 g/mol. The topological polar surface area (TPSA) is 30.7 Å². The SMILES string of the molecule is CC1(C)CCC(C)(C)c2cc3c(cc21)c1cc2ccccc2cc1n3-c1ccc2c(-c3nc(-c4ccccc4)cc(-c4cccc5ccccc45)n3)cccc2c1. The predicted octanol–water partition coefficient (Wildman–Crippen LogP) is 14.4. The van der Waals surface area contributed by atoms with Crippen molar-refractivity contribution >= 4 is 54.1 Å². The van der Waals surface area contributed by atoms with E-state index in [1.807, 2.05) is 0 Å². The van der Waals surface area contributed by atoms with Crippen molar-refractivity contribution in [2.24, 2.45) is 0 Å². The molecule has 274 valence electrons. The molecule has 1 aliphatic carbocycles. The second kappa shape index (κ2) is 12.5. The lowest BCUT2D eigenvalue weighted by Crippen LogP contribution is -2.33. The minimum absolute atomic E-state index is 0.0997. The standard InChI is InChI=1S/C54H43N3/c1-53(2)26-27-54(3,4)47-32-51-45(31-46(47)53)44-29-36-17-8-9-18-37(36)30-50(44)57(51)39-24-25-41-38(28-39)20-13-23-43(41)52-55-48(35-15-6-5-7-16-35)33-49(56-52)42-22-12-19-34-14-10-11-21-40(34)42/h5-25,28-33H,26-27H2,1-4H3. The van der Waals surface area contributed by atoms with Crippen LogP contribution in [-0.2, 0) is 10.8 Å². The Kier molecular flexibility index (Phi) is 7.38. The molecule has 2 heterocycles. The minimum atomic E-state index is 0.0997. The van der Waals surface area contributed by atoms with Crippen LogP contribution < -0.4 is 0 Å². The molecule has 0 aliphatic heterocycles. The van der Waals surface area contributed by atoms with E-state index in [1.54, 1.807) is 0 Å². The maximum Gasteiger partial charge on any atom is 0.161 e. The van der Waals surface area contributed by atoms with Crippen LogP contribution in [0.3, 0.4) is 0 Å². The zero-order valence-corrected chi connectivity index (χ0v) is 32.8. The van der Waals surface area contributed by atoms with Crippen LogP contribution in [0.4, 0.5) is 0 Å². The van der Waals surface area contributed by atoms with Gasteiger partial charge in [0, 0.05) is 33.2 Å². The molecule has 3 nitrogen and oxygen atoms in total. The molecule has 2 aromatic heterocycles. The van der Waals surface area contributed by atoms with Crippen LogP contribution in [0.1, 0.15) is 51.7 Å². The molecule has 11 rings (SSSR count). The van der Waals surface area contributed by atoms with Crippen molar-refractivity contribution in [3.05, 3.63) is 175 Å². The number of benzene rings is 8. The summed E-state index contributed by atoms with van der Waals surface area (Å²) in [5.74, 6) is 0.720. The summed E-state index contributed by atoms with van der Waals surface area (Å²) in [6, 6.07) is 59.7. The zero-order valence-electron chi connectivity index (χ0n) is 32.8. The van der Waals surface area contributed by atoms with E-state index < -0.39 is 0 Å². The van der Waals surface area contributed by atoms with E-state index in [4.69, 9.17) is 9.97 Å². The first-order valence-corrected chi connectivity index (χ1v) is 20.2. The maximum absolute atomic E-state index is 5.33. The molecule has 0 amide bonds. The van der Waals surface area contributed by atoms with Gasteiger partial charge < -0.3 is 4.57 Å². The number of rotatable bonds is 4. The quantitative estimate of drug-likeness (QED) is 0.180. The van der Waals surface area contributed by atoms with E-state index in [-0.39, 0.29) is 10.8 Å². The third-order valence-electron chi connectivity index (χ3n) is 12.8. The molecule has 0 saturated heterocycles. The van der Waals surface area contributed by atoms with E-state index in [1.165, 1.54) is 67.3 Å². The molecule has 57 heavy (non-hydrogen) atoms. The smallest absolute Gasteiger partial charge is 0.161 e. The van der Waals surface area contributed by atoms with Crippen molar-refractivity contribution in [3.63, 3.8) is 0 Å². The summed E-state index contributed by atoms with van der Waals surface area (Å²) in [7, 11) is 0. The summed E-state index contributed by atoms with van der Waals surface area (Å²) >= 11 is 0. The fourth-order valence-corrected chi connectivity index (χ4v) is 9.56. The highest BCUT2D eigenvalue weighted by Crippen LogP contribution is 2.49. The van der Waals surface area contributed by atoms with Crippen LogP contribution in [0.2, 0.25) is 0 Å². The molecule has 0 N–H and O–H groups in total. The Bertz CT molecular complexity index is 3230. The fourth-order valence-electron chi connectivity index (χ4n) is 9.56. The van der Waals surface area contributed by atoms with Gasteiger partial charge in [-0.05, 0) is 110 Å². The lowest BCUT2D eigenvalue weighted by molar-refractivity contribution is 0.332. The number of hydrogen-bond acceptors (Lipinski definition) is 2. The van der Waals surface area contributed by atoms with Gasteiger partial charge in [-0.3, -0.25) is 0 Å². The van der Waals surface area contributed by atoms with Crippen molar-refractivity contribution in [3.8, 4) is 39.6 Å². The third-order valence-corrected chi connectivity index (χ3v) is 12.8. The molecule has 0 bridgehead atoms. The molecule has 0 atom stereocenters. The Morgan fingerprint density at radius 3 is 1.79 bits per heavy atom. The Morgan fingerprint density at radius 1 is 0.421 bits per heavy atom. The molecule has 0 spiro atoms. The van der Waals surface area contributed by atoms with Gasteiger partial charge >= 0.3 is 0 Å². The molecule has 8 aromatic carbocycles. The second-order valence-corrected chi connectivity index (χ2v) is 17.3. The minimum Gasteiger partial charge on any atom is -0.309 e. The summed E-state index contributed by atoms with van der Waals surface area (Å²) in [5, 5.41) is 9.79. The largest absolute Gasteiger partial charge is 0.309 e. The normalized spacial score (nSPS) is 14.8. The van der Waals surface area contributed by atoms with Crippen LogP contribution in [0, 0.1) is 0 Å². The van der Waals surface area contributed by atoms with Crippen molar-refractivity contribution in [1.82, 2.24) is 14.5 Å². The average Bonchev–Trinajstić information content (AvgIpc) is 3.55. The lowest BCUT2D eigenvalue weighted by atomic mass is 9.63. The van der Waals surface area contributed by atoms with E-state index in [9.17, 15) is 0 Å². The van der Waals surface area contributed by atoms with Gasteiger partial charge in [0.1, 0.15) is 0 Å². The third kappa shape index (κ3) is 5.40. The summed E-state index contributed by atoms with van der Waals surface area (Å²) in [6.45, 7) is 9.69. The van der Waals surface area contributed by atoms with Gasteiger partial charge in [0.25, 0.3) is 0 Å². The molecule has 10 aromatic rings. The molecular formula is C54H43N3. The van der Waals surface area contributed by atoms with E-state index >= 15 is 0 Å². The Labute approximate surface area is 333 Å². The van der Waals surface area contributed by atoms with Crippen molar-refractivity contribution in [2.45, 2.75) is 51.4 Å². The molecule has 1 aliphatic rings. The van der Waals surface area contributed by atoms with Crippen molar-refractivity contribution in [1.29, 1.82) is 0 Å². The number of nitrogens with zero attached hydrogens (tertiary/aromatic N) is 3. The van der Waals surface area contributed by atoms with Crippen LogP contribution >= 0.6 is 0 Å². The van der Waals surface area contributed by atoms with Crippen LogP contribution in [0.5, 0.6) is 0 Å². The van der Waals surface area contributed by atoms with E-state index in [2.05, 4.69) is 196 Å².